The van der Waals surface area contributed by atoms with Gasteiger partial charge in [-0.15, -0.1) is 0 Å². The summed E-state index contributed by atoms with van der Waals surface area (Å²) in [5, 5.41) is 0. The number of hydrogen-bond acceptors (Lipinski definition) is 7. The first-order chi connectivity index (χ1) is 7.44. The summed E-state index contributed by atoms with van der Waals surface area (Å²) in [5.41, 5.74) is 0. The lowest BCUT2D eigenvalue weighted by Crippen LogP contribution is -2.63. The van der Waals surface area contributed by atoms with E-state index in [-0.39, 0.29) is 0 Å². The first-order valence-corrected chi connectivity index (χ1v) is 8.17. The third kappa shape index (κ3) is 2.80. The summed E-state index contributed by atoms with van der Waals surface area (Å²) >= 11 is 3.64. The Hall–Kier alpha value is 0.400. The minimum Gasteiger partial charge on any atom is -0.183 e. The molecule has 0 fully saturated rings. The second kappa shape index (κ2) is 4.58. The smallest absolute Gasteiger partial charge is 0.183 e. The number of thioether (sulfide) groups is 3. The Morgan fingerprint density at radius 2 is 1.69 bits per heavy atom. The zero-order valence-corrected chi connectivity index (χ0v) is 11.3. The molecule has 0 bridgehead atoms. The Kier molecular flexibility index (Phi) is 3.68. The molecule has 1 aromatic rings. The molecule has 0 N–H and O–H groups in total. The van der Waals surface area contributed by atoms with Crippen molar-refractivity contribution in [2.45, 2.75) is 13.4 Å². The normalized spacial score (nSPS) is 18.5. The van der Waals surface area contributed by atoms with Gasteiger partial charge in [-0.2, -0.15) is 14.0 Å². The first-order valence-electron chi connectivity index (χ1n) is 4.08. The highest BCUT2D eigenvalue weighted by molar-refractivity contribution is 8.34. The fourth-order valence-corrected chi connectivity index (χ4v) is 5.93. The van der Waals surface area contributed by atoms with E-state index in [1.54, 1.807) is 6.26 Å². The predicted octanol–water partition coefficient (Wildman–Crippen LogP) is -0.227. The SMILES string of the molecule is CSC1(O[Cl+3]([O-])([O-])[O-])Sc2ccccc2S1. The third-order valence-corrected chi connectivity index (χ3v) is 6.98. The number of rotatable bonds is 3. The molecule has 0 saturated carbocycles. The molecule has 1 heterocycles. The Morgan fingerprint density at radius 1 is 1.19 bits per heavy atom. The Labute approximate surface area is 107 Å². The van der Waals surface area contributed by atoms with E-state index in [1.165, 1.54) is 35.3 Å². The van der Waals surface area contributed by atoms with Crippen molar-refractivity contribution in [3.05, 3.63) is 24.3 Å². The second-order valence-corrected chi connectivity index (χ2v) is 7.92. The predicted molar refractivity (Wildman–Crippen MR) is 55.5 cm³/mol. The van der Waals surface area contributed by atoms with Crippen LogP contribution in [0.3, 0.4) is 0 Å². The molecule has 0 aliphatic carbocycles. The number of benzene rings is 1. The fourth-order valence-electron chi connectivity index (χ4n) is 1.17. The lowest BCUT2D eigenvalue weighted by Gasteiger charge is -2.22. The maximum atomic E-state index is 10.7. The van der Waals surface area contributed by atoms with Crippen LogP contribution in [-0.4, -0.2) is 9.85 Å². The molecule has 0 unspecified atom stereocenters. The molecule has 0 spiro atoms. The van der Waals surface area contributed by atoms with Gasteiger partial charge in [-0.3, -0.25) is 0 Å². The van der Waals surface area contributed by atoms with Crippen molar-refractivity contribution in [3.8, 4) is 0 Å². The summed E-state index contributed by atoms with van der Waals surface area (Å²) in [4.78, 5) is 1.83. The number of hydrogen-bond donors (Lipinski definition) is 0. The quantitative estimate of drug-likeness (QED) is 0.713. The van der Waals surface area contributed by atoms with Gasteiger partial charge in [-0.05, 0) is 18.4 Å². The maximum absolute atomic E-state index is 10.7. The number of fused-ring (bicyclic) bond motifs is 1. The van der Waals surface area contributed by atoms with E-state index in [1.807, 2.05) is 24.3 Å². The van der Waals surface area contributed by atoms with Crippen molar-refractivity contribution >= 4 is 35.3 Å². The summed E-state index contributed by atoms with van der Waals surface area (Å²) < 4.78 is 35.4. The Bertz CT molecular complexity index is 370. The van der Waals surface area contributed by atoms with Crippen LogP contribution in [0.25, 0.3) is 0 Å². The van der Waals surface area contributed by atoms with Crippen LogP contribution in [0, 0.1) is 10.2 Å². The minimum atomic E-state index is -4.43. The summed E-state index contributed by atoms with van der Waals surface area (Å²) in [6.07, 6.45) is 1.70. The van der Waals surface area contributed by atoms with Crippen LogP contribution >= 0.6 is 35.3 Å². The van der Waals surface area contributed by atoms with Crippen molar-refractivity contribution in [3.63, 3.8) is 0 Å². The third-order valence-electron chi connectivity index (χ3n) is 1.76. The van der Waals surface area contributed by atoms with Gasteiger partial charge in [0.15, 0.2) is 0 Å². The Morgan fingerprint density at radius 3 is 2.06 bits per heavy atom. The van der Waals surface area contributed by atoms with E-state index in [2.05, 4.69) is 4.29 Å². The van der Waals surface area contributed by atoms with Crippen molar-refractivity contribution in [2.75, 3.05) is 6.26 Å². The van der Waals surface area contributed by atoms with Crippen molar-refractivity contribution < 1.29 is 28.5 Å². The van der Waals surface area contributed by atoms with Crippen molar-refractivity contribution in [2.24, 2.45) is 0 Å². The highest BCUT2D eigenvalue weighted by atomic mass is 35.7. The van der Waals surface area contributed by atoms with Crippen LogP contribution in [0.2, 0.25) is 0 Å². The van der Waals surface area contributed by atoms with Gasteiger partial charge in [0.05, 0.1) is 10.2 Å². The molecule has 1 aromatic carbocycles. The molecule has 0 atom stereocenters. The summed E-state index contributed by atoms with van der Waals surface area (Å²) in [6, 6.07) is 7.43. The van der Waals surface area contributed by atoms with Gasteiger partial charge in [-0.25, -0.2) is 0 Å². The molecule has 2 rings (SSSR count). The van der Waals surface area contributed by atoms with Gasteiger partial charge >= 0.3 is 3.60 Å². The summed E-state index contributed by atoms with van der Waals surface area (Å²) in [5.74, 6) is 0. The van der Waals surface area contributed by atoms with Gasteiger partial charge in [0, 0.05) is 9.79 Å². The van der Waals surface area contributed by atoms with Gasteiger partial charge in [0.2, 0.25) is 0 Å². The highest BCUT2D eigenvalue weighted by Crippen LogP contribution is 2.61. The minimum absolute atomic E-state index is 0.917. The summed E-state index contributed by atoms with van der Waals surface area (Å²) in [6.45, 7) is 0. The van der Waals surface area contributed by atoms with E-state index in [9.17, 15) is 14.0 Å². The van der Waals surface area contributed by atoms with Gasteiger partial charge < -0.3 is 0 Å². The second-order valence-electron chi connectivity index (χ2n) is 2.81. The van der Waals surface area contributed by atoms with Gasteiger partial charge in [-0.1, -0.05) is 47.4 Å². The zero-order valence-electron chi connectivity index (χ0n) is 8.05. The average Bonchev–Trinajstić information content (AvgIpc) is 2.53. The van der Waals surface area contributed by atoms with Gasteiger partial charge in [0.25, 0.3) is 0 Å². The van der Waals surface area contributed by atoms with Crippen LogP contribution in [0.4, 0.5) is 0 Å². The largest absolute Gasteiger partial charge is 0.370 e. The van der Waals surface area contributed by atoms with E-state index in [0.29, 0.717) is 0 Å². The number of halogens is 1. The van der Waals surface area contributed by atoms with E-state index >= 15 is 0 Å². The lowest BCUT2D eigenvalue weighted by atomic mass is 10.4. The molecule has 88 valence electrons. The molecule has 4 nitrogen and oxygen atoms in total. The maximum Gasteiger partial charge on any atom is 0.370 e. The van der Waals surface area contributed by atoms with E-state index in [4.69, 9.17) is 0 Å². The van der Waals surface area contributed by atoms with Crippen LogP contribution in [0.5, 0.6) is 0 Å². The van der Waals surface area contributed by atoms with E-state index in [0.717, 1.165) is 9.79 Å². The molecular formula is C8H7ClO4S3. The van der Waals surface area contributed by atoms with Gasteiger partial charge in [0.1, 0.15) is 4.29 Å². The van der Waals surface area contributed by atoms with Crippen LogP contribution in [-0.2, 0) is 4.29 Å². The standard InChI is InChI=1S/C8H7ClO4S3/c1-14-8(13-9(10,11)12)15-6-4-2-3-5-7(6)16-8/h2-5H,1H3. The molecule has 0 aromatic heterocycles. The van der Waals surface area contributed by atoms with Crippen LogP contribution in [0.15, 0.2) is 34.1 Å². The molecule has 8 heteroatoms. The molecule has 0 saturated heterocycles. The highest BCUT2D eigenvalue weighted by Gasteiger charge is 2.52. The zero-order chi connectivity index (χ0) is 11.8. The molecule has 1 aliphatic rings. The molecular weight excluding hydrogens is 292 g/mol. The first kappa shape index (κ1) is 12.8. The fraction of sp³-hybridized carbons (Fsp3) is 0.250. The van der Waals surface area contributed by atoms with Crippen molar-refractivity contribution in [1.82, 2.24) is 0 Å². The van der Waals surface area contributed by atoms with Crippen molar-refractivity contribution in [1.29, 1.82) is 0 Å². The molecule has 0 amide bonds. The molecule has 1 aliphatic heterocycles. The monoisotopic (exact) mass is 298 g/mol. The van der Waals surface area contributed by atoms with Crippen LogP contribution < -0.4 is 14.0 Å². The summed E-state index contributed by atoms with van der Waals surface area (Å²) in [7, 11) is -4.43. The average molecular weight is 299 g/mol. The lowest BCUT2D eigenvalue weighted by molar-refractivity contribution is -1.92. The Balaban J connectivity index is 2.23. The topological polar surface area (TPSA) is 78.4 Å². The van der Waals surface area contributed by atoms with E-state index < -0.39 is 13.8 Å². The molecule has 0 radical (unpaired) electrons. The van der Waals surface area contributed by atoms with Crippen LogP contribution in [0.1, 0.15) is 0 Å². The molecule has 16 heavy (non-hydrogen) atoms.